The van der Waals surface area contributed by atoms with E-state index in [-0.39, 0.29) is 12.6 Å². The normalized spacial score (nSPS) is 16.4. The van der Waals surface area contributed by atoms with Crippen LogP contribution in [0.3, 0.4) is 0 Å². The fraction of sp³-hybridized carbons (Fsp3) is 0.571. The molecule has 3 nitrogen and oxygen atoms in total. The van der Waals surface area contributed by atoms with Gasteiger partial charge in [0.1, 0.15) is 12.4 Å². The second-order valence-corrected chi connectivity index (χ2v) is 4.97. The third-order valence-corrected chi connectivity index (χ3v) is 2.96. The molecule has 0 aliphatic heterocycles. The first-order valence-corrected chi connectivity index (χ1v) is 6.07. The molecule has 0 saturated carbocycles. The molecule has 96 valence electrons. The number of benzene rings is 1. The Morgan fingerprint density at radius 3 is 2.65 bits per heavy atom. The molecule has 1 aromatic rings. The van der Waals surface area contributed by atoms with E-state index < -0.39 is 5.60 Å². The Labute approximate surface area is 104 Å². The van der Waals surface area contributed by atoms with E-state index in [0.717, 1.165) is 16.9 Å². The average molecular weight is 237 g/mol. The van der Waals surface area contributed by atoms with E-state index in [1.54, 1.807) is 6.92 Å². The van der Waals surface area contributed by atoms with Crippen LogP contribution in [0.15, 0.2) is 18.2 Å². The molecule has 3 heteroatoms. The maximum Gasteiger partial charge on any atom is 0.124 e. The number of hydrogen-bond donors (Lipinski definition) is 2. The van der Waals surface area contributed by atoms with Crippen LogP contribution >= 0.6 is 0 Å². The quantitative estimate of drug-likeness (QED) is 0.827. The summed E-state index contributed by atoms with van der Waals surface area (Å²) in [6.07, 6.45) is 0.659. The van der Waals surface area contributed by atoms with Gasteiger partial charge in [-0.05, 0) is 33.3 Å². The van der Waals surface area contributed by atoms with Gasteiger partial charge in [-0.3, -0.25) is 0 Å². The lowest BCUT2D eigenvalue weighted by Gasteiger charge is -2.23. The van der Waals surface area contributed by atoms with Crippen LogP contribution in [-0.2, 0) is 0 Å². The van der Waals surface area contributed by atoms with Crippen molar-refractivity contribution in [1.82, 2.24) is 0 Å². The number of nitrogens with two attached hydrogens (primary N) is 1. The molecule has 3 N–H and O–H groups in total. The molecule has 1 rings (SSSR count). The van der Waals surface area contributed by atoms with Gasteiger partial charge in [-0.25, -0.2) is 0 Å². The van der Waals surface area contributed by atoms with Gasteiger partial charge in [-0.1, -0.05) is 24.6 Å². The van der Waals surface area contributed by atoms with Crippen LogP contribution in [-0.4, -0.2) is 17.3 Å². The Morgan fingerprint density at radius 2 is 2.12 bits per heavy atom. The number of hydrogen-bond acceptors (Lipinski definition) is 3. The van der Waals surface area contributed by atoms with Crippen molar-refractivity contribution in [2.24, 2.45) is 5.73 Å². The topological polar surface area (TPSA) is 55.5 Å². The van der Waals surface area contributed by atoms with Crippen LogP contribution in [0, 0.1) is 6.92 Å². The van der Waals surface area contributed by atoms with Crippen molar-refractivity contribution in [3.05, 3.63) is 29.3 Å². The van der Waals surface area contributed by atoms with Gasteiger partial charge < -0.3 is 15.6 Å². The fourth-order valence-electron chi connectivity index (χ4n) is 1.49. The van der Waals surface area contributed by atoms with Crippen LogP contribution in [0.4, 0.5) is 0 Å². The molecule has 0 amide bonds. The highest BCUT2D eigenvalue weighted by atomic mass is 16.5. The second kappa shape index (κ2) is 5.52. The van der Waals surface area contributed by atoms with E-state index in [1.807, 2.05) is 39.0 Å². The highest BCUT2D eigenvalue weighted by molar-refractivity contribution is 5.38. The molecule has 2 atom stereocenters. The average Bonchev–Trinajstić information content (AvgIpc) is 2.27. The maximum atomic E-state index is 9.91. The lowest BCUT2D eigenvalue weighted by molar-refractivity contribution is 0.00810. The lowest BCUT2D eigenvalue weighted by atomic mass is 10.0. The van der Waals surface area contributed by atoms with Crippen molar-refractivity contribution in [3.63, 3.8) is 0 Å². The lowest BCUT2D eigenvalue weighted by Crippen LogP contribution is -2.31. The summed E-state index contributed by atoms with van der Waals surface area (Å²) in [5.74, 6) is 0.763. The Bertz CT molecular complexity index is 372. The summed E-state index contributed by atoms with van der Waals surface area (Å²) in [6, 6.07) is 5.86. The summed E-state index contributed by atoms with van der Waals surface area (Å²) in [5.41, 5.74) is 7.26. The number of aliphatic hydroxyl groups is 1. The van der Waals surface area contributed by atoms with Gasteiger partial charge in [0.25, 0.3) is 0 Å². The Kier molecular flexibility index (Phi) is 4.54. The standard InChI is InChI=1S/C14H23NO2/c1-5-14(4,16)9-17-13-7-6-10(2)8-12(13)11(3)15/h6-8,11,16H,5,9,15H2,1-4H3/t11-,14?/m0/s1. The third kappa shape index (κ3) is 4.02. The van der Waals surface area contributed by atoms with Crippen molar-refractivity contribution in [2.75, 3.05) is 6.61 Å². The Morgan fingerprint density at radius 1 is 1.47 bits per heavy atom. The van der Waals surface area contributed by atoms with E-state index in [1.165, 1.54) is 0 Å². The summed E-state index contributed by atoms with van der Waals surface area (Å²) in [6.45, 7) is 7.95. The van der Waals surface area contributed by atoms with Gasteiger partial charge in [0.05, 0.1) is 5.60 Å². The van der Waals surface area contributed by atoms with Gasteiger partial charge in [0.2, 0.25) is 0 Å². The summed E-state index contributed by atoms with van der Waals surface area (Å²) in [4.78, 5) is 0. The van der Waals surface area contributed by atoms with Crippen molar-refractivity contribution in [3.8, 4) is 5.75 Å². The molecule has 1 unspecified atom stereocenters. The minimum atomic E-state index is -0.792. The van der Waals surface area contributed by atoms with E-state index in [0.29, 0.717) is 6.42 Å². The molecular weight excluding hydrogens is 214 g/mol. The summed E-state index contributed by atoms with van der Waals surface area (Å²) in [5, 5.41) is 9.91. The van der Waals surface area contributed by atoms with E-state index >= 15 is 0 Å². The monoisotopic (exact) mass is 237 g/mol. The van der Waals surface area contributed by atoms with Gasteiger partial charge in [-0.2, -0.15) is 0 Å². The van der Waals surface area contributed by atoms with E-state index in [2.05, 4.69) is 0 Å². The van der Waals surface area contributed by atoms with Gasteiger partial charge in [-0.15, -0.1) is 0 Å². The zero-order valence-corrected chi connectivity index (χ0v) is 11.2. The zero-order chi connectivity index (χ0) is 13.1. The van der Waals surface area contributed by atoms with Crippen LogP contribution in [0.1, 0.15) is 44.4 Å². The van der Waals surface area contributed by atoms with Crippen LogP contribution < -0.4 is 10.5 Å². The molecule has 0 fully saturated rings. The minimum absolute atomic E-state index is 0.0727. The fourth-order valence-corrected chi connectivity index (χ4v) is 1.49. The molecule has 1 aromatic carbocycles. The number of ether oxygens (including phenoxy) is 1. The molecule has 0 saturated heterocycles. The molecule has 0 aliphatic rings. The second-order valence-electron chi connectivity index (χ2n) is 4.97. The first-order valence-electron chi connectivity index (χ1n) is 6.07. The summed E-state index contributed by atoms with van der Waals surface area (Å²) < 4.78 is 5.68. The van der Waals surface area contributed by atoms with Gasteiger partial charge >= 0.3 is 0 Å². The van der Waals surface area contributed by atoms with Gasteiger partial charge in [0.15, 0.2) is 0 Å². The van der Waals surface area contributed by atoms with Crippen LogP contribution in [0.2, 0.25) is 0 Å². The maximum absolute atomic E-state index is 9.91. The Hall–Kier alpha value is -1.06. The van der Waals surface area contributed by atoms with Crippen molar-refractivity contribution < 1.29 is 9.84 Å². The minimum Gasteiger partial charge on any atom is -0.490 e. The molecule has 0 spiro atoms. The Balaban J connectivity index is 2.84. The van der Waals surface area contributed by atoms with E-state index in [9.17, 15) is 5.11 Å². The van der Waals surface area contributed by atoms with Crippen LogP contribution in [0.5, 0.6) is 5.75 Å². The van der Waals surface area contributed by atoms with E-state index in [4.69, 9.17) is 10.5 Å². The molecule has 0 aliphatic carbocycles. The predicted molar refractivity (Wildman–Crippen MR) is 70.2 cm³/mol. The smallest absolute Gasteiger partial charge is 0.124 e. The first-order chi connectivity index (χ1) is 7.85. The molecule has 0 radical (unpaired) electrons. The largest absolute Gasteiger partial charge is 0.490 e. The number of rotatable bonds is 5. The zero-order valence-electron chi connectivity index (χ0n) is 11.2. The number of aryl methyl sites for hydroxylation is 1. The SMILES string of the molecule is CCC(C)(O)COc1ccc(C)cc1[C@H](C)N. The highest BCUT2D eigenvalue weighted by Crippen LogP contribution is 2.26. The first kappa shape index (κ1) is 14.0. The molecule has 0 heterocycles. The van der Waals surface area contributed by atoms with Gasteiger partial charge in [0, 0.05) is 11.6 Å². The van der Waals surface area contributed by atoms with Crippen molar-refractivity contribution in [1.29, 1.82) is 0 Å². The molecule has 0 aromatic heterocycles. The molecule has 0 bridgehead atoms. The summed E-state index contributed by atoms with van der Waals surface area (Å²) in [7, 11) is 0. The predicted octanol–water partition coefficient (Wildman–Crippen LogP) is 2.55. The third-order valence-electron chi connectivity index (χ3n) is 2.96. The van der Waals surface area contributed by atoms with Crippen LogP contribution in [0.25, 0.3) is 0 Å². The van der Waals surface area contributed by atoms with Crippen molar-refractivity contribution in [2.45, 2.75) is 45.8 Å². The summed E-state index contributed by atoms with van der Waals surface area (Å²) >= 11 is 0. The molecular formula is C14H23NO2. The van der Waals surface area contributed by atoms with Crippen molar-refractivity contribution >= 4 is 0 Å². The molecule has 17 heavy (non-hydrogen) atoms. The highest BCUT2D eigenvalue weighted by Gasteiger charge is 2.19.